The number of nitrogens with one attached hydrogen (secondary N) is 1. The van der Waals surface area contributed by atoms with Gasteiger partial charge < -0.3 is 9.73 Å². The molecule has 0 aliphatic carbocycles. The second-order valence-corrected chi connectivity index (χ2v) is 6.40. The lowest BCUT2D eigenvalue weighted by Crippen LogP contribution is -2.29. The van der Waals surface area contributed by atoms with Crippen molar-refractivity contribution in [3.8, 4) is 11.5 Å². The van der Waals surface area contributed by atoms with Crippen LogP contribution in [0.3, 0.4) is 0 Å². The Morgan fingerprint density at radius 1 is 1.12 bits per heavy atom. The normalized spacial score (nSPS) is 11.9. The minimum atomic E-state index is -0.512. The Balaban J connectivity index is 1.89. The van der Waals surface area contributed by atoms with Crippen LogP contribution >= 0.6 is 11.6 Å². The Bertz CT molecular complexity index is 847. The number of aromatic nitrogens is 2. The average molecular weight is 370 g/mol. The summed E-state index contributed by atoms with van der Waals surface area (Å²) in [4.78, 5) is 12.3. The molecule has 6 heteroatoms. The Hall–Kier alpha value is -2.66. The number of hydrogen-bond acceptors (Lipinski definition) is 4. The molecular formula is C20H20ClN3O2. The quantitative estimate of drug-likeness (QED) is 0.650. The molecule has 1 N–H and O–H groups in total. The maximum Gasteiger partial charge on any atom is 0.247 e. The van der Waals surface area contributed by atoms with Gasteiger partial charge in [-0.15, -0.1) is 10.2 Å². The Labute approximate surface area is 157 Å². The van der Waals surface area contributed by atoms with Crippen molar-refractivity contribution in [2.45, 2.75) is 32.2 Å². The van der Waals surface area contributed by atoms with Gasteiger partial charge in [-0.05, 0) is 36.2 Å². The molecule has 0 saturated carbocycles. The lowest BCUT2D eigenvalue weighted by atomic mass is 10.1. The second kappa shape index (κ2) is 8.63. The van der Waals surface area contributed by atoms with Crippen molar-refractivity contribution in [2.24, 2.45) is 0 Å². The molecule has 0 aliphatic heterocycles. The first kappa shape index (κ1) is 18.1. The molecule has 0 saturated heterocycles. The van der Waals surface area contributed by atoms with E-state index in [-0.39, 0.29) is 5.91 Å². The summed E-state index contributed by atoms with van der Waals surface area (Å²) in [6.45, 7) is 2.05. The minimum absolute atomic E-state index is 0.0498. The molecule has 134 valence electrons. The number of unbranched alkanes of at least 4 members (excludes halogenated alkanes) is 1. The number of carbonyl (C=O) groups is 1. The van der Waals surface area contributed by atoms with Crippen molar-refractivity contribution in [1.82, 2.24) is 15.5 Å². The van der Waals surface area contributed by atoms with E-state index in [1.165, 1.54) is 0 Å². The SMILES string of the molecule is CCCCC(=O)N[C@@H](c1ccc(Cl)cc1)c1nnc(-c2ccccc2)o1. The number of hydrogen-bond donors (Lipinski definition) is 1. The zero-order chi connectivity index (χ0) is 18.4. The highest BCUT2D eigenvalue weighted by atomic mass is 35.5. The van der Waals surface area contributed by atoms with Gasteiger partial charge in [0.25, 0.3) is 0 Å². The predicted molar refractivity (Wildman–Crippen MR) is 101 cm³/mol. The topological polar surface area (TPSA) is 68.0 Å². The van der Waals surface area contributed by atoms with Gasteiger partial charge in [0, 0.05) is 17.0 Å². The number of rotatable bonds is 7. The van der Waals surface area contributed by atoms with Crippen molar-refractivity contribution >= 4 is 17.5 Å². The number of amides is 1. The summed E-state index contributed by atoms with van der Waals surface area (Å²) in [7, 11) is 0. The Kier molecular flexibility index (Phi) is 6.02. The lowest BCUT2D eigenvalue weighted by Gasteiger charge is -2.16. The van der Waals surface area contributed by atoms with Gasteiger partial charge in [0.1, 0.15) is 6.04 Å². The van der Waals surface area contributed by atoms with Crippen molar-refractivity contribution in [2.75, 3.05) is 0 Å². The fourth-order valence-electron chi connectivity index (χ4n) is 2.56. The largest absolute Gasteiger partial charge is 0.418 e. The third kappa shape index (κ3) is 4.49. The molecule has 0 radical (unpaired) electrons. The van der Waals surface area contributed by atoms with E-state index in [0.717, 1.165) is 24.0 Å². The van der Waals surface area contributed by atoms with Crippen molar-refractivity contribution in [3.63, 3.8) is 0 Å². The Morgan fingerprint density at radius 3 is 2.54 bits per heavy atom. The van der Waals surface area contributed by atoms with Crippen LogP contribution in [0, 0.1) is 0 Å². The first-order valence-electron chi connectivity index (χ1n) is 8.61. The molecule has 26 heavy (non-hydrogen) atoms. The number of carbonyl (C=O) groups excluding carboxylic acids is 1. The van der Waals surface area contributed by atoms with E-state index in [4.69, 9.17) is 16.0 Å². The molecule has 0 aliphatic rings. The van der Waals surface area contributed by atoms with Gasteiger partial charge in [-0.1, -0.05) is 55.3 Å². The van der Waals surface area contributed by atoms with E-state index < -0.39 is 6.04 Å². The summed E-state index contributed by atoms with van der Waals surface area (Å²) in [6.07, 6.45) is 2.25. The van der Waals surface area contributed by atoms with Gasteiger partial charge in [0.05, 0.1) is 0 Å². The van der Waals surface area contributed by atoms with Crippen molar-refractivity contribution in [3.05, 3.63) is 71.1 Å². The summed E-state index contributed by atoms with van der Waals surface area (Å²) in [5, 5.41) is 11.9. The third-order valence-corrected chi connectivity index (χ3v) is 4.23. The van der Waals surface area contributed by atoms with E-state index >= 15 is 0 Å². The first-order valence-corrected chi connectivity index (χ1v) is 8.99. The van der Waals surface area contributed by atoms with Crippen LogP contribution in [-0.4, -0.2) is 16.1 Å². The summed E-state index contributed by atoms with van der Waals surface area (Å²) >= 11 is 5.98. The highest BCUT2D eigenvalue weighted by molar-refractivity contribution is 6.30. The van der Waals surface area contributed by atoms with Crippen LogP contribution in [-0.2, 0) is 4.79 Å². The molecule has 3 rings (SSSR count). The summed E-state index contributed by atoms with van der Waals surface area (Å²) in [5.41, 5.74) is 1.67. The molecule has 0 bridgehead atoms. The van der Waals surface area contributed by atoms with Gasteiger partial charge >= 0.3 is 0 Å². The maximum absolute atomic E-state index is 12.3. The van der Waals surface area contributed by atoms with E-state index in [9.17, 15) is 4.79 Å². The van der Waals surface area contributed by atoms with E-state index in [2.05, 4.69) is 15.5 Å². The molecule has 1 aromatic heterocycles. The van der Waals surface area contributed by atoms with Gasteiger partial charge in [0.15, 0.2) is 0 Å². The molecule has 1 amide bonds. The van der Waals surface area contributed by atoms with Crippen LogP contribution in [0.5, 0.6) is 0 Å². The van der Waals surface area contributed by atoms with Crippen LogP contribution in [0.25, 0.3) is 11.5 Å². The van der Waals surface area contributed by atoms with Crippen LogP contribution in [0.1, 0.15) is 43.7 Å². The highest BCUT2D eigenvalue weighted by Gasteiger charge is 2.23. The lowest BCUT2D eigenvalue weighted by molar-refractivity contribution is -0.121. The zero-order valence-corrected chi connectivity index (χ0v) is 15.2. The molecule has 2 aromatic carbocycles. The fraction of sp³-hybridized carbons (Fsp3) is 0.250. The van der Waals surface area contributed by atoms with Crippen LogP contribution < -0.4 is 5.32 Å². The molecule has 0 fully saturated rings. The average Bonchev–Trinajstić information content (AvgIpc) is 3.16. The molecule has 1 atom stereocenters. The molecule has 0 unspecified atom stereocenters. The summed E-state index contributed by atoms with van der Waals surface area (Å²) in [6, 6.07) is 16.3. The molecule has 5 nitrogen and oxygen atoms in total. The van der Waals surface area contributed by atoms with Gasteiger partial charge in [-0.25, -0.2) is 0 Å². The molecule has 0 spiro atoms. The molecule has 1 heterocycles. The summed E-state index contributed by atoms with van der Waals surface area (Å²) < 4.78 is 5.85. The van der Waals surface area contributed by atoms with E-state index in [0.29, 0.717) is 23.2 Å². The highest BCUT2D eigenvalue weighted by Crippen LogP contribution is 2.26. The van der Waals surface area contributed by atoms with Gasteiger partial charge in [-0.3, -0.25) is 4.79 Å². The molecular weight excluding hydrogens is 350 g/mol. The van der Waals surface area contributed by atoms with Gasteiger partial charge in [0.2, 0.25) is 17.7 Å². The maximum atomic E-state index is 12.3. The fourth-order valence-corrected chi connectivity index (χ4v) is 2.69. The predicted octanol–water partition coefficient (Wildman–Crippen LogP) is 4.79. The second-order valence-electron chi connectivity index (χ2n) is 5.97. The number of benzene rings is 2. The van der Waals surface area contributed by atoms with Crippen LogP contribution in [0.15, 0.2) is 59.0 Å². The van der Waals surface area contributed by atoms with E-state index in [1.807, 2.05) is 49.4 Å². The smallest absolute Gasteiger partial charge is 0.247 e. The zero-order valence-electron chi connectivity index (χ0n) is 14.5. The van der Waals surface area contributed by atoms with Crippen LogP contribution in [0.4, 0.5) is 0 Å². The third-order valence-electron chi connectivity index (χ3n) is 3.97. The number of nitrogens with zero attached hydrogens (tertiary/aromatic N) is 2. The summed E-state index contributed by atoms with van der Waals surface area (Å²) in [5.74, 6) is 0.713. The van der Waals surface area contributed by atoms with E-state index in [1.54, 1.807) is 12.1 Å². The van der Waals surface area contributed by atoms with Crippen LogP contribution in [0.2, 0.25) is 5.02 Å². The number of halogens is 1. The standard InChI is InChI=1S/C20H20ClN3O2/c1-2-3-9-17(25)22-18(14-10-12-16(21)13-11-14)20-24-23-19(26-20)15-7-5-4-6-8-15/h4-8,10-13,18H,2-3,9H2,1H3,(H,22,25)/t18-/m0/s1. The first-order chi connectivity index (χ1) is 12.7. The minimum Gasteiger partial charge on any atom is -0.418 e. The van der Waals surface area contributed by atoms with Crippen molar-refractivity contribution in [1.29, 1.82) is 0 Å². The van der Waals surface area contributed by atoms with Crippen molar-refractivity contribution < 1.29 is 9.21 Å². The van der Waals surface area contributed by atoms with Gasteiger partial charge in [-0.2, -0.15) is 0 Å². The Morgan fingerprint density at radius 2 is 1.85 bits per heavy atom. The monoisotopic (exact) mass is 369 g/mol. The molecule has 3 aromatic rings.